The summed E-state index contributed by atoms with van der Waals surface area (Å²) in [5, 5.41) is 8.00. The van der Waals surface area contributed by atoms with Crippen LogP contribution in [0.25, 0.3) is 11.5 Å². The number of hydrogen-bond acceptors (Lipinski definition) is 11. The van der Waals surface area contributed by atoms with Gasteiger partial charge >= 0.3 is 11.9 Å². The second-order valence-electron chi connectivity index (χ2n) is 10.2. The van der Waals surface area contributed by atoms with Crippen LogP contribution in [0.4, 0.5) is 15.9 Å². The van der Waals surface area contributed by atoms with E-state index in [1.165, 1.54) is 43.1 Å². The lowest BCUT2D eigenvalue weighted by Gasteiger charge is -2.16. The Morgan fingerprint density at radius 2 is 1.65 bits per heavy atom. The van der Waals surface area contributed by atoms with Crippen molar-refractivity contribution >= 4 is 23.4 Å². The zero-order valence-electron chi connectivity index (χ0n) is 25.2. The van der Waals surface area contributed by atoms with Crippen molar-refractivity contribution in [2.24, 2.45) is 0 Å². The third-order valence-corrected chi connectivity index (χ3v) is 7.32. The Kier molecular flexibility index (Phi) is 8.90. The molecule has 0 fully saturated rings. The smallest absolute Gasteiger partial charge is 0.343 e. The number of hydrogen-bond donors (Lipinski definition) is 1. The van der Waals surface area contributed by atoms with Crippen molar-refractivity contribution in [3.63, 3.8) is 0 Å². The lowest BCUT2D eigenvalue weighted by Crippen LogP contribution is -2.10. The van der Waals surface area contributed by atoms with Crippen LogP contribution in [-0.4, -0.2) is 54.9 Å². The first kappa shape index (κ1) is 30.3. The van der Waals surface area contributed by atoms with E-state index < -0.39 is 11.9 Å². The van der Waals surface area contributed by atoms with Gasteiger partial charge in [0.2, 0.25) is 0 Å². The lowest BCUT2D eigenvalue weighted by molar-refractivity contribution is 0.0515. The molecule has 1 N–H and O–H groups in total. The molecule has 4 heterocycles. The lowest BCUT2D eigenvalue weighted by atomic mass is 10.2. The van der Waals surface area contributed by atoms with Crippen LogP contribution < -0.4 is 10.1 Å². The number of rotatable bonds is 11. The van der Waals surface area contributed by atoms with E-state index in [1.54, 1.807) is 42.8 Å². The molecule has 0 amide bonds. The SMILES string of the molecule is CCOC(=O)c1cnccc1Nc1nc(-c2nn(Cc3ccccc3F)c3c2CCC3)ncc1Oc1ccncc1C(=O)OCC. The molecule has 4 aromatic heterocycles. The Labute approximate surface area is 263 Å². The van der Waals surface area contributed by atoms with E-state index in [-0.39, 0.29) is 54.0 Å². The van der Waals surface area contributed by atoms with Crippen molar-refractivity contribution in [2.45, 2.75) is 39.7 Å². The molecule has 0 saturated carbocycles. The van der Waals surface area contributed by atoms with Crippen molar-refractivity contribution in [3.05, 3.63) is 101 Å². The number of pyridine rings is 2. The molecule has 0 atom stereocenters. The summed E-state index contributed by atoms with van der Waals surface area (Å²) < 4.78 is 32.9. The number of halogens is 1. The number of benzene rings is 1. The van der Waals surface area contributed by atoms with Crippen LogP contribution in [-0.2, 0) is 28.9 Å². The van der Waals surface area contributed by atoms with E-state index in [9.17, 15) is 14.0 Å². The van der Waals surface area contributed by atoms with Gasteiger partial charge in [0.15, 0.2) is 17.4 Å². The van der Waals surface area contributed by atoms with Crippen LogP contribution in [0.1, 0.15) is 57.8 Å². The van der Waals surface area contributed by atoms with Crippen molar-refractivity contribution in [1.29, 1.82) is 0 Å². The molecule has 0 spiro atoms. The number of nitrogens with one attached hydrogen (secondary N) is 1. The first-order valence-corrected chi connectivity index (χ1v) is 14.8. The van der Waals surface area contributed by atoms with E-state index in [0.717, 1.165) is 30.5 Å². The summed E-state index contributed by atoms with van der Waals surface area (Å²) >= 11 is 0. The highest BCUT2D eigenvalue weighted by molar-refractivity contribution is 5.96. The van der Waals surface area contributed by atoms with Gasteiger partial charge < -0.3 is 19.5 Å². The van der Waals surface area contributed by atoms with Crippen molar-refractivity contribution in [3.8, 4) is 23.0 Å². The maximum atomic E-state index is 14.5. The monoisotopic (exact) mass is 623 g/mol. The summed E-state index contributed by atoms with van der Waals surface area (Å²) in [6.45, 7) is 4.03. The third kappa shape index (κ3) is 6.25. The van der Waals surface area contributed by atoms with Crippen LogP contribution in [0.2, 0.25) is 0 Å². The molecule has 0 bridgehead atoms. The van der Waals surface area contributed by atoms with Gasteiger partial charge in [-0.25, -0.2) is 23.9 Å². The summed E-state index contributed by atoms with van der Waals surface area (Å²) in [5.41, 5.74) is 3.74. The summed E-state index contributed by atoms with van der Waals surface area (Å²) in [6.07, 6.45) is 9.68. The molecular formula is C33H30FN7O5. The van der Waals surface area contributed by atoms with E-state index >= 15 is 0 Å². The molecule has 6 rings (SSSR count). The number of fused-ring (bicyclic) bond motifs is 1. The molecular weight excluding hydrogens is 593 g/mol. The van der Waals surface area contributed by atoms with Crippen LogP contribution in [0.3, 0.4) is 0 Å². The maximum Gasteiger partial charge on any atom is 0.343 e. The Hall–Kier alpha value is -5.72. The van der Waals surface area contributed by atoms with Gasteiger partial charge in [-0.3, -0.25) is 14.6 Å². The van der Waals surface area contributed by atoms with Crippen LogP contribution in [0.15, 0.2) is 67.4 Å². The zero-order chi connectivity index (χ0) is 32.0. The van der Waals surface area contributed by atoms with Gasteiger partial charge in [0, 0.05) is 47.7 Å². The number of anilines is 2. The fourth-order valence-corrected chi connectivity index (χ4v) is 5.21. The topological polar surface area (TPSA) is 143 Å². The quantitative estimate of drug-likeness (QED) is 0.181. The highest BCUT2D eigenvalue weighted by atomic mass is 19.1. The second kappa shape index (κ2) is 13.5. The standard InChI is InChI=1S/C33H30FN7O5/c1-3-44-32(42)22-16-35-14-12-25(22)38-30-28(46-27-13-15-36-17-23(27)33(43)45-4-2)18-37-31(39-30)29-21-9-7-11-26(21)41(40-29)19-20-8-5-6-10-24(20)34/h5-6,8,10,12-18H,3-4,7,9,11,19H2,1-2H3,(H,35,37,38,39). The number of carbonyl (C=O) groups is 2. The summed E-state index contributed by atoms with van der Waals surface area (Å²) in [6, 6.07) is 9.75. The molecule has 46 heavy (non-hydrogen) atoms. The average Bonchev–Trinajstić information content (AvgIpc) is 3.68. The molecule has 5 aromatic rings. The highest BCUT2D eigenvalue weighted by Gasteiger charge is 2.27. The van der Waals surface area contributed by atoms with Gasteiger partial charge in [0.05, 0.1) is 31.6 Å². The summed E-state index contributed by atoms with van der Waals surface area (Å²) in [7, 11) is 0. The normalized spacial score (nSPS) is 12.0. The van der Waals surface area contributed by atoms with Crippen LogP contribution in [0.5, 0.6) is 11.5 Å². The largest absolute Gasteiger partial charge is 0.462 e. The Bertz CT molecular complexity index is 1910. The van der Waals surface area contributed by atoms with Crippen LogP contribution in [0, 0.1) is 5.82 Å². The molecule has 13 heteroatoms. The van der Waals surface area contributed by atoms with Gasteiger partial charge in [-0.1, -0.05) is 18.2 Å². The molecule has 1 aromatic carbocycles. The highest BCUT2D eigenvalue weighted by Crippen LogP contribution is 2.36. The number of esters is 2. The molecule has 12 nitrogen and oxygen atoms in total. The van der Waals surface area contributed by atoms with Crippen molar-refractivity contribution < 1.29 is 28.2 Å². The minimum atomic E-state index is -0.604. The molecule has 0 aliphatic heterocycles. The number of aromatic nitrogens is 6. The number of nitrogens with zero attached hydrogens (tertiary/aromatic N) is 6. The Balaban J connectivity index is 1.43. The van der Waals surface area contributed by atoms with E-state index in [0.29, 0.717) is 22.8 Å². The summed E-state index contributed by atoms with van der Waals surface area (Å²) in [4.78, 5) is 42.9. The molecule has 1 aliphatic rings. The molecule has 0 radical (unpaired) electrons. The van der Waals surface area contributed by atoms with Crippen molar-refractivity contribution in [1.82, 2.24) is 29.7 Å². The van der Waals surface area contributed by atoms with Gasteiger partial charge in [0.1, 0.15) is 28.4 Å². The number of carbonyl (C=O) groups excluding carboxylic acids is 2. The molecule has 1 aliphatic carbocycles. The number of ether oxygens (including phenoxy) is 3. The Morgan fingerprint density at radius 1 is 0.913 bits per heavy atom. The first-order valence-electron chi connectivity index (χ1n) is 14.8. The predicted molar refractivity (Wildman–Crippen MR) is 165 cm³/mol. The van der Waals surface area contributed by atoms with Crippen molar-refractivity contribution in [2.75, 3.05) is 18.5 Å². The molecule has 0 saturated heterocycles. The zero-order valence-corrected chi connectivity index (χ0v) is 25.2. The second-order valence-corrected chi connectivity index (χ2v) is 10.2. The predicted octanol–water partition coefficient (Wildman–Crippen LogP) is 5.70. The fourth-order valence-electron chi connectivity index (χ4n) is 5.21. The van der Waals surface area contributed by atoms with E-state index in [1.807, 2.05) is 0 Å². The van der Waals surface area contributed by atoms with E-state index in [4.69, 9.17) is 24.3 Å². The maximum absolute atomic E-state index is 14.5. The first-order chi connectivity index (χ1) is 22.5. The van der Waals surface area contributed by atoms with Gasteiger partial charge in [-0.05, 0) is 45.2 Å². The van der Waals surface area contributed by atoms with Gasteiger partial charge in [-0.15, -0.1) is 0 Å². The average molecular weight is 624 g/mol. The van der Waals surface area contributed by atoms with Crippen LogP contribution >= 0.6 is 0 Å². The minimum Gasteiger partial charge on any atom is -0.462 e. The molecule has 0 unspecified atom stereocenters. The van der Waals surface area contributed by atoms with E-state index in [2.05, 4.69) is 20.3 Å². The van der Waals surface area contributed by atoms with Gasteiger partial charge in [-0.2, -0.15) is 5.10 Å². The third-order valence-electron chi connectivity index (χ3n) is 7.32. The molecule has 234 valence electrons. The summed E-state index contributed by atoms with van der Waals surface area (Å²) in [5.74, 6) is -0.678. The fraction of sp³-hybridized carbons (Fsp3) is 0.242. The minimum absolute atomic E-state index is 0.111. The Morgan fingerprint density at radius 3 is 2.43 bits per heavy atom. The van der Waals surface area contributed by atoms with Gasteiger partial charge in [0.25, 0.3) is 0 Å².